The van der Waals surface area contributed by atoms with Crippen molar-refractivity contribution in [2.75, 3.05) is 6.54 Å². The summed E-state index contributed by atoms with van der Waals surface area (Å²) in [6, 6.07) is 12.2. The van der Waals surface area contributed by atoms with Crippen molar-refractivity contribution in [3.05, 3.63) is 87.9 Å². The molecule has 31 heavy (non-hydrogen) atoms. The molecule has 0 aliphatic carbocycles. The number of hydrogen-bond acceptors (Lipinski definition) is 3. The van der Waals surface area contributed by atoms with Crippen LogP contribution in [0.15, 0.2) is 61.3 Å². The molecule has 0 radical (unpaired) electrons. The number of amides is 1. The minimum absolute atomic E-state index is 0.0465. The highest BCUT2D eigenvalue weighted by atomic mass is 32.1. The first-order valence-electron chi connectivity index (χ1n) is 9.97. The van der Waals surface area contributed by atoms with E-state index in [1.165, 1.54) is 23.1 Å². The van der Waals surface area contributed by atoms with Gasteiger partial charge in [-0.3, -0.25) is 9.78 Å². The third-order valence-electron chi connectivity index (χ3n) is 5.54. The summed E-state index contributed by atoms with van der Waals surface area (Å²) in [5.41, 5.74) is 1.46. The number of halogens is 3. The van der Waals surface area contributed by atoms with Crippen LogP contribution in [0.4, 0.5) is 13.2 Å². The third kappa shape index (κ3) is 4.02. The number of carbonyl (C=O) groups excluding carboxylic acids is 1. The molecular formula is C24H21F3N2OS. The molecule has 1 atom stereocenters. The molecule has 0 bridgehead atoms. The molecule has 1 unspecified atom stereocenters. The number of hydrogen-bond donors (Lipinski definition) is 0. The van der Waals surface area contributed by atoms with Crippen LogP contribution in [0.2, 0.25) is 0 Å². The minimum atomic E-state index is -4.57. The van der Waals surface area contributed by atoms with Crippen LogP contribution in [0, 0.1) is 0 Å². The maximum atomic E-state index is 13.7. The summed E-state index contributed by atoms with van der Waals surface area (Å²) in [7, 11) is 0. The Kier molecular flexibility index (Phi) is 5.71. The zero-order valence-corrected chi connectivity index (χ0v) is 17.8. The first-order valence-corrected chi connectivity index (χ1v) is 10.8. The SMILES string of the molecule is C=CC(=O)N1Cc2sc(CC)cc2C(c2ccccc2-c2cccnc2C(F)(F)F)C1. The van der Waals surface area contributed by atoms with Crippen LogP contribution in [-0.2, 0) is 23.9 Å². The van der Waals surface area contributed by atoms with Gasteiger partial charge >= 0.3 is 6.18 Å². The van der Waals surface area contributed by atoms with E-state index in [4.69, 9.17) is 0 Å². The molecule has 1 aliphatic rings. The van der Waals surface area contributed by atoms with Gasteiger partial charge < -0.3 is 4.90 Å². The number of benzene rings is 1. The summed E-state index contributed by atoms with van der Waals surface area (Å²) >= 11 is 1.65. The molecule has 4 rings (SSSR count). The number of rotatable bonds is 4. The molecule has 0 saturated heterocycles. The number of alkyl halides is 3. The summed E-state index contributed by atoms with van der Waals surface area (Å²) < 4.78 is 41.1. The van der Waals surface area contributed by atoms with Gasteiger partial charge in [-0.15, -0.1) is 11.3 Å². The van der Waals surface area contributed by atoms with Crippen LogP contribution in [0.25, 0.3) is 11.1 Å². The topological polar surface area (TPSA) is 33.2 Å². The molecule has 1 aliphatic heterocycles. The summed E-state index contributed by atoms with van der Waals surface area (Å²) in [4.78, 5) is 20.0. The third-order valence-corrected chi connectivity index (χ3v) is 6.82. The number of carbonyl (C=O) groups is 1. The molecule has 160 valence electrons. The van der Waals surface area contributed by atoms with Crippen molar-refractivity contribution in [3.63, 3.8) is 0 Å². The van der Waals surface area contributed by atoms with Crippen molar-refractivity contribution >= 4 is 17.2 Å². The quantitative estimate of drug-likeness (QED) is 0.461. The lowest BCUT2D eigenvalue weighted by molar-refractivity contribution is -0.140. The highest BCUT2D eigenvalue weighted by Crippen LogP contribution is 2.44. The van der Waals surface area contributed by atoms with E-state index in [0.29, 0.717) is 18.7 Å². The fourth-order valence-corrected chi connectivity index (χ4v) is 5.29. The maximum absolute atomic E-state index is 13.7. The summed E-state index contributed by atoms with van der Waals surface area (Å²) in [6.07, 6.45) is -1.26. The second-order valence-corrected chi connectivity index (χ2v) is 8.63. The fourth-order valence-electron chi connectivity index (χ4n) is 4.11. The monoisotopic (exact) mass is 442 g/mol. The van der Waals surface area contributed by atoms with Crippen LogP contribution in [0.5, 0.6) is 0 Å². The molecule has 0 saturated carbocycles. The van der Waals surface area contributed by atoms with Crippen LogP contribution >= 0.6 is 11.3 Å². The highest BCUT2D eigenvalue weighted by Gasteiger charge is 2.37. The van der Waals surface area contributed by atoms with Crippen molar-refractivity contribution in [1.82, 2.24) is 9.88 Å². The van der Waals surface area contributed by atoms with E-state index in [9.17, 15) is 18.0 Å². The number of aryl methyl sites for hydroxylation is 1. The second kappa shape index (κ2) is 8.30. The molecular weight excluding hydrogens is 421 g/mol. The van der Waals surface area contributed by atoms with Gasteiger partial charge in [0.1, 0.15) is 0 Å². The smallest absolute Gasteiger partial charge is 0.333 e. The van der Waals surface area contributed by atoms with Gasteiger partial charge in [-0.2, -0.15) is 13.2 Å². The van der Waals surface area contributed by atoms with Crippen LogP contribution in [-0.4, -0.2) is 22.3 Å². The first-order chi connectivity index (χ1) is 14.8. The van der Waals surface area contributed by atoms with Gasteiger partial charge in [-0.05, 0) is 41.3 Å². The largest absolute Gasteiger partial charge is 0.433 e. The lowest BCUT2D eigenvalue weighted by Gasteiger charge is -2.33. The van der Waals surface area contributed by atoms with E-state index in [0.717, 1.165) is 28.6 Å². The number of pyridine rings is 1. The predicted molar refractivity (Wildman–Crippen MR) is 116 cm³/mol. The molecule has 2 aromatic heterocycles. The van der Waals surface area contributed by atoms with E-state index in [2.05, 4.69) is 24.6 Å². The van der Waals surface area contributed by atoms with E-state index >= 15 is 0 Å². The standard InChI is InChI=1S/C24H21F3N2OS/c1-3-15-12-19-20(13-29(22(30)4-2)14-21(19)31-15)17-9-6-5-8-16(17)18-10-7-11-28-23(18)24(25,26)27/h4-12,20H,2-3,13-14H2,1H3. The van der Waals surface area contributed by atoms with E-state index < -0.39 is 11.9 Å². The Morgan fingerprint density at radius 1 is 1.23 bits per heavy atom. The summed E-state index contributed by atoms with van der Waals surface area (Å²) in [5.74, 6) is -0.418. The Balaban J connectivity index is 1.89. The molecule has 1 amide bonds. The zero-order chi connectivity index (χ0) is 22.2. The number of fused-ring (bicyclic) bond motifs is 1. The van der Waals surface area contributed by atoms with Crippen LogP contribution < -0.4 is 0 Å². The van der Waals surface area contributed by atoms with Gasteiger partial charge in [0.15, 0.2) is 5.69 Å². The Labute approximate surface area is 182 Å². The average Bonchev–Trinajstić information content (AvgIpc) is 3.20. The average molecular weight is 443 g/mol. The van der Waals surface area contributed by atoms with E-state index in [1.54, 1.807) is 28.4 Å². The molecule has 0 fully saturated rings. The van der Waals surface area contributed by atoms with Gasteiger partial charge in [0.25, 0.3) is 0 Å². The summed E-state index contributed by atoms with van der Waals surface area (Å²) in [5, 5.41) is 0. The maximum Gasteiger partial charge on any atom is 0.433 e. The predicted octanol–water partition coefficient (Wildman–Crippen LogP) is 6.05. The summed E-state index contributed by atoms with van der Waals surface area (Å²) in [6.45, 7) is 6.54. The van der Waals surface area contributed by atoms with Gasteiger partial charge in [0.2, 0.25) is 5.91 Å². The molecule has 1 aromatic carbocycles. The molecule has 3 heterocycles. The Morgan fingerprint density at radius 3 is 2.68 bits per heavy atom. The van der Waals surface area contributed by atoms with Crippen molar-refractivity contribution in [2.45, 2.75) is 32.0 Å². The number of nitrogens with zero attached hydrogens (tertiary/aromatic N) is 2. The fraction of sp³-hybridized carbons (Fsp3) is 0.250. The molecule has 0 spiro atoms. The van der Waals surface area contributed by atoms with Gasteiger partial charge in [-0.1, -0.05) is 43.8 Å². The second-order valence-electron chi connectivity index (χ2n) is 7.40. The zero-order valence-electron chi connectivity index (χ0n) is 16.9. The van der Waals surface area contributed by atoms with Crippen LogP contribution in [0.1, 0.15) is 39.4 Å². The lowest BCUT2D eigenvalue weighted by Crippen LogP contribution is -2.37. The van der Waals surface area contributed by atoms with Crippen molar-refractivity contribution < 1.29 is 18.0 Å². The Hall–Kier alpha value is -2.93. The lowest BCUT2D eigenvalue weighted by atomic mass is 9.83. The van der Waals surface area contributed by atoms with E-state index in [-0.39, 0.29) is 17.4 Å². The molecule has 0 N–H and O–H groups in total. The Morgan fingerprint density at radius 2 is 1.97 bits per heavy atom. The number of aromatic nitrogens is 1. The van der Waals surface area contributed by atoms with Crippen LogP contribution in [0.3, 0.4) is 0 Å². The van der Waals surface area contributed by atoms with Gasteiger partial charge in [-0.25, -0.2) is 0 Å². The Bertz CT molecular complexity index is 1140. The van der Waals surface area contributed by atoms with Gasteiger partial charge in [0.05, 0.1) is 6.54 Å². The van der Waals surface area contributed by atoms with Crippen molar-refractivity contribution in [3.8, 4) is 11.1 Å². The van der Waals surface area contributed by atoms with Gasteiger partial charge in [0, 0.05) is 34.0 Å². The number of thiophene rings is 1. The first kappa shape index (κ1) is 21.3. The van der Waals surface area contributed by atoms with E-state index in [1.807, 2.05) is 12.1 Å². The molecule has 3 nitrogen and oxygen atoms in total. The molecule has 3 aromatic rings. The minimum Gasteiger partial charge on any atom is -0.333 e. The normalized spacial score (nSPS) is 16.1. The van der Waals surface area contributed by atoms with Crippen molar-refractivity contribution in [1.29, 1.82) is 0 Å². The molecule has 7 heteroatoms. The highest BCUT2D eigenvalue weighted by molar-refractivity contribution is 7.12. The van der Waals surface area contributed by atoms with Crippen molar-refractivity contribution in [2.24, 2.45) is 0 Å².